The predicted octanol–water partition coefficient (Wildman–Crippen LogP) is 2.66. The van der Waals surface area contributed by atoms with Gasteiger partial charge in [0.1, 0.15) is 0 Å². The number of hydrogen-bond donors (Lipinski definition) is 2. The van der Waals surface area contributed by atoms with Gasteiger partial charge in [-0.3, -0.25) is 0 Å². The molecule has 0 spiro atoms. The second kappa shape index (κ2) is 4.49. The van der Waals surface area contributed by atoms with E-state index in [1.54, 1.807) is 0 Å². The van der Waals surface area contributed by atoms with Gasteiger partial charge in [-0.25, -0.2) is 0 Å². The lowest BCUT2D eigenvalue weighted by molar-refractivity contribution is 0.289. The fourth-order valence-electron chi connectivity index (χ4n) is 1.92. The maximum absolute atomic E-state index is 8.83. The normalized spacial score (nSPS) is 11.1. The average molecular weight is 203 g/mol. The molecule has 0 saturated carbocycles. The monoisotopic (exact) mass is 203 g/mol. The van der Waals surface area contributed by atoms with Crippen LogP contribution in [0.25, 0.3) is 10.9 Å². The van der Waals surface area contributed by atoms with Crippen molar-refractivity contribution < 1.29 is 5.11 Å². The molecule has 1 aromatic heterocycles. The van der Waals surface area contributed by atoms with Crippen LogP contribution in [0, 0.1) is 0 Å². The highest BCUT2D eigenvalue weighted by Gasteiger charge is 2.03. The molecule has 15 heavy (non-hydrogen) atoms. The highest BCUT2D eigenvalue weighted by Crippen LogP contribution is 2.21. The van der Waals surface area contributed by atoms with E-state index >= 15 is 0 Å². The van der Waals surface area contributed by atoms with E-state index in [9.17, 15) is 0 Å². The third-order valence-electron chi connectivity index (χ3n) is 2.84. The molecule has 0 radical (unpaired) electrons. The zero-order valence-electron chi connectivity index (χ0n) is 9.09. The van der Waals surface area contributed by atoms with E-state index in [0.29, 0.717) is 0 Å². The highest BCUT2D eigenvalue weighted by molar-refractivity contribution is 5.83. The van der Waals surface area contributed by atoms with Gasteiger partial charge in [0.05, 0.1) is 0 Å². The van der Waals surface area contributed by atoms with Gasteiger partial charge < -0.3 is 10.1 Å². The molecule has 2 heteroatoms. The minimum absolute atomic E-state index is 0.264. The molecule has 1 aromatic carbocycles. The van der Waals surface area contributed by atoms with Crippen molar-refractivity contribution >= 4 is 10.9 Å². The third kappa shape index (κ3) is 2.05. The smallest absolute Gasteiger partial charge is 0.0456 e. The molecule has 0 atom stereocenters. The molecular weight excluding hydrogens is 186 g/mol. The van der Waals surface area contributed by atoms with Crippen LogP contribution in [-0.4, -0.2) is 16.7 Å². The van der Waals surface area contributed by atoms with Crippen molar-refractivity contribution in [3.05, 3.63) is 35.5 Å². The van der Waals surface area contributed by atoms with Crippen LogP contribution in [0.1, 0.15) is 24.5 Å². The first kappa shape index (κ1) is 10.2. The Morgan fingerprint density at radius 3 is 2.93 bits per heavy atom. The molecule has 0 fully saturated rings. The van der Waals surface area contributed by atoms with E-state index in [2.05, 4.69) is 36.3 Å². The topological polar surface area (TPSA) is 36.0 Å². The summed E-state index contributed by atoms with van der Waals surface area (Å²) in [4.78, 5) is 3.27. The fourth-order valence-corrected chi connectivity index (χ4v) is 1.92. The molecular formula is C13H17NO. The fraction of sp³-hybridized carbons (Fsp3) is 0.385. The molecule has 2 rings (SSSR count). The van der Waals surface area contributed by atoms with Crippen LogP contribution in [0.4, 0.5) is 0 Å². The van der Waals surface area contributed by atoms with Gasteiger partial charge in [-0.1, -0.05) is 13.0 Å². The molecule has 0 unspecified atom stereocenters. The van der Waals surface area contributed by atoms with Crippen LogP contribution in [0.5, 0.6) is 0 Å². The Labute approximate surface area is 89.9 Å². The number of hydrogen-bond acceptors (Lipinski definition) is 1. The van der Waals surface area contributed by atoms with Gasteiger partial charge in [0.2, 0.25) is 0 Å². The Morgan fingerprint density at radius 1 is 1.33 bits per heavy atom. The van der Waals surface area contributed by atoms with Crippen LogP contribution in [0.3, 0.4) is 0 Å². The maximum Gasteiger partial charge on any atom is 0.0456 e. The molecule has 80 valence electrons. The van der Waals surface area contributed by atoms with Gasteiger partial charge in [-0.05, 0) is 42.5 Å². The maximum atomic E-state index is 8.83. The lowest BCUT2D eigenvalue weighted by Gasteiger charge is -2.00. The van der Waals surface area contributed by atoms with Crippen molar-refractivity contribution in [2.75, 3.05) is 6.61 Å². The Bertz CT molecular complexity index is 445. The second-order valence-corrected chi connectivity index (χ2v) is 3.87. The summed E-state index contributed by atoms with van der Waals surface area (Å²) in [6.07, 6.45) is 4.91. The van der Waals surface area contributed by atoms with E-state index in [1.165, 1.54) is 22.0 Å². The number of H-pyrrole nitrogens is 1. The van der Waals surface area contributed by atoms with E-state index in [1.807, 2.05) is 0 Å². The Kier molecular flexibility index (Phi) is 3.07. The molecule has 2 N–H and O–H groups in total. The molecule has 0 amide bonds. The summed E-state index contributed by atoms with van der Waals surface area (Å²) in [5.41, 5.74) is 3.88. The third-order valence-corrected chi connectivity index (χ3v) is 2.84. The summed E-state index contributed by atoms with van der Waals surface area (Å²) in [5, 5.41) is 10.1. The molecule has 0 bridgehead atoms. The first-order valence-corrected chi connectivity index (χ1v) is 5.55. The minimum atomic E-state index is 0.264. The summed E-state index contributed by atoms with van der Waals surface area (Å²) in [6.45, 7) is 2.43. The largest absolute Gasteiger partial charge is 0.396 e. The van der Waals surface area contributed by atoms with Gasteiger partial charge in [0.15, 0.2) is 0 Å². The number of rotatable bonds is 4. The molecule has 0 aliphatic carbocycles. The summed E-state index contributed by atoms with van der Waals surface area (Å²) >= 11 is 0. The predicted molar refractivity (Wildman–Crippen MR) is 63.1 cm³/mol. The summed E-state index contributed by atoms with van der Waals surface area (Å²) < 4.78 is 0. The zero-order valence-corrected chi connectivity index (χ0v) is 9.09. The molecule has 1 heterocycles. The van der Waals surface area contributed by atoms with E-state index in [4.69, 9.17) is 5.11 Å². The summed E-state index contributed by atoms with van der Waals surface area (Å²) in [7, 11) is 0. The van der Waals surface area contributed by atoms with Crippen LogP contribution >= 0.6 is 0 Å². The van der Waals surface area contributed by atoms with Gasteiger partial charge in [0.25, 0.3) is 0 Å². The Balaban J connectivity index is 2.38. The van der Waals surface area contributed by atoms with Gasteiger partial charge >= 0.3 is 0 Å². The number of aromatic nitrogens is 1. The number of aliphatic hydroxyl groups excluding tert-OH is 1. The molecule has 0 aliphatic heterocycles. The number of benzene rings is 1. The number of nitrogens with one attached hydrogen (secondary N) is 1. The Morgan fingerprint density at radius 2 is 2.20 bits per heavy atom. The molecule has 0 saturated heterocycles. The highest BCUT2D eigenvalue weighted by atomic mass is 16.2. The number of aromatic amines is 1. The van der Waals surface area contributed by atoms with Crippen LogP contribution in [0.15, 0.2) is 24.4 Å². The van der Waals surface area contributed by atoms with Crippen LogP contribution in [-0.2, 0) is 12.8 Å². The second-order valence-electron chi connectivity index (χ2n) is 3.87. The standard InChI is InChI=1S/C13H17NO/c1-2-10-5-6-13-12(8-10)11(9-14-13)4-3-7-15/h5-6,8-9,14-15H,2-4,7H2,1H3. The van der Waals surface area contributed by atoms with Crippen molar-refractivity contribution in [1.29, 1.82) is 0 Å². The minimum Gasteiger partial charge on any atom is -0.396 e. The quantitative estimate of drug-likeness (QED) is 0.787. The van der Waals surface area contributed by atoms with Crippen LogP contribution in [0.2, 0.25) is 0 Å². The van der Waals surface area contributed by atoms with Crippen LogP contribution < -0.4 is 0 Å². The first-order valence-electron chi connectivity index (χ1n) is 5.55. The molecule has 0 aliphatic rings. The average Bonchev–Trinajstić information content (AvgIpc) is 2.68. The number of aliphatic hydroxyl groups is 1. The van der Waals surface area contributed by atoms with Gasteiger partial charge in [-0.15, -0.1) is 0 Å². The zero-order chi connectivity index (χ0) is 10.7. The SMILES string of the molecule is CCc1ccc2[nH]cc(CCCO)c2c1. The van der Waals surface area contributed by atoms with E-state index in [0.717, 1.165) is 19.3 Å². The van der Waals surface area contributed by atoms with Crippen molar-refractivity contribution in [1.82, 2.24) is 4.98 Å². The molecule has 2 aromatic rings. The van der Waals surface area contributed by atoms with Crippen molar-refractivity contribution in [3.63, 3.8) is 0 Å². The number of fused-ring (bicyclic) bond motifs is 1. The summed E-state index contributed by atoms with van der Waals surface area (Å²) in [6, 6.07) is 6.55. The van der Waals surface area contributed by atoms with E-state index < -0.39 is 0 Å². The number of aryl methyl sites for hydroxylation is 2. The van der Waals surface area contributed by atoms with E-state index in [-0.39, 0.29) is 6.61 Å². The van der Waals surface area contributed by atoms with Gasteiger partial charge in [0, 0.05) is 23.7 Å². The lowest BCUT2D eigenvalue weighted by atomic mass is 10.1. The molecule has 2 nitrogen and oxygen atoms in total. The van der Waals surface area contributed by atoms with Crippen molar-refractivity contribution in [2.24, 2.45) is 0 Å². The lowest BCUT2D eigenvalue weighted by Crippen LogP contribution is -1.88. The first-order chi connectivity index (χ1) is 7.35. The van der Waals surface area contributed by atoms with Crippen molar-refractivity contribution in [2.45, 2.75) is 26.2 Å². The van der Waals surface area contributed by atoms with Gasteiger partial charge in [-0.2, -0.15) is 0 Å². The van der Waals surface area contributed by atoms with Crippen molar-refractivity contribution in [3.8, 4) is 0 Å². The Hall–Kier alpha value is -1.28. The summed E-state index contributed by atoms with van der Waals surface area (Å²) in [5.74, 6) is 0.